The maximum absolute atomic E-state index is 6.09. The number of para-hydroxylation sites is 1. The molecule has 0 spiro atoms. The number of hydrogen-bond acceptors (Lipinski definition) is 4. The molecule has 100 valence electrons. The number of nitrogens with zero attached hydrogens (tertiary/aromatic N) is 2. The second-order valence-corrected chi connectivity index (χ2v) is 5.01. The number of aromatic nitrogens is 2. The zero-order valence-corrected chi connectivity index (χ0v) is 11.2. The summed E-state index contributed by atoms with van der Waals surface area (Å²) in [6, 6.07) is 6.04. The van der Waals surface area contributed by atoms with E-state index < -0.39 is 0 Å². The molecule has 2 aromatic rings. The number of benzene rings is 1. The molecule has 0 atom stereocenters. The summed E-state index contributed by atoms with van der Waals surface area (Å²) in [4.78, 5) is 8.67. The summed E-state index contributed by atoms with van der Waals surface area (Å²) in [5.74, 6) is 0.717. The molecule has 0 bridgehead atoms. The van der Waals surface area contributed by atoms with Crippen LogP contribution < -0.4 is 10.1 Å². The Kier molecular flexibility index (Phi) is 3.49. The molecule has 0 amide bonds. The molecule has 1 aliphatic carbocycles. The lowest BCUT2D eigenvalue weighted by Crippen LogP contribution is -2.20. The summed E-state index contributed by atoms with van der Waals surface area (Å²) in [6.45, 7) is 0. The third-order valence-corrected chi connectivity index (χ3v) is 3.73. The lowest BCUT2D eigenvalue weighted by atomic mass is 9.98. The molecule has 1 saturated carbocycles. The molecule has 1 heterocycles. The minimum atomic E-state index is 0.310. The number of fused-ring (bicyclic) bond motifs is 1. The van der Waals surface area contributed by atoms with Gasteiger partial charge in [-0.05, 0) is 37.8 Å². The highest BCUT2D eigenvalue weighted by Gasteiger charge is 2.17. The molecule has 1 aromatic heterocycles. The van der Waals surface area contributed by atoms with Crippen molar-refractivity contribution in [2.45, 2.75) is 38.2 Å². The first-order chi connectivity index (χ1) is 9.38. The van der Waals surface area contributed by atoms with Crippen LogP contribution in [0.2, 0.25) is 0 Å². The molecule has 4 nitrogen and oxygen atoms in total. The zero-order chi connectivity index (χ0) is 13.1. The Morgan fingerprint density at radius 3 is 2.79 bits per heavy atom. The summed E-state index contributed by atoms with van der Waals surface area (Å²) in [7, 11) is 1.90. The van der Waals surface area contributed by atoms with Crippen molar-refractivity contribution in [3.05, 3.63) is 24.5 Å². The fourth-order valence-electron chi connectivity index (χ4n) is 2.70. The Balaban J connectivity index is 1.94. The molecular formula is C15H19N3O. The molecule has 1 aromatic carbocycles. The first-order valence-corrected chi connectivity index (χ1v) is 6.96. The Morgan fingerprint density at radius 2 is 2.00 bits per heavy atom. The number of rotatable bonds is 3. The van der Waals surface area contributed by atoms with Crippen LogP contribution in [0.3, 0.4) is 0 Å². The molecule has 4 heteroatoms. The molecule has 1 aliphatic rings. The monoisotopic (exact) mass is 257 g/mol. The molecule has 1 fully saturated rings. The zero-order valence-electron chi connectivity index (χ0n) is 11.2. The van der Waals surface area contributed by atoms with Crippen LogP contribution in [0.4, 0.5) is 5.69 Å². The van der Waals surface area contributed by atoms with E-state index in [1.165, 1.54) is 19.3 Å². The quantitative estimate of drug-likeness (QED) is 0.915. The largest absolute Gasteiger partial charge is 0.474 e. The fraction of sp³-hybridized carbons (Fsp3) is 0.467. The van der Waals surface area contributed by atoms with Crippen LogP contribution in [-0.4, -0.2) is 23.1 Å². The summed E-state index contributed by atoms with van der Waals surface area (Å²) in [5, 5.41) is 4.14. The van der Waals surface area contributed by atoms with E-state index in [0.717, 1.165) is 29.4 Å². The molecular weight excluding hydrogens is 238 g/mol. The highest BCUT2D eigenvalue weighted by Crippen LogP contribution is 2.29. The van der Waals surface area contributed by atoms with E-state index in [1.54, 1.807) is 6.33 Å². The highest BCUT2D eigenvalue weighted by atomic mass is 16.5. The number of ether oxygens (including phenoxy) is 1. The van der Waals surface area contributed by atoms with Gasteiger partial charge in [-0.15, -0.1) is 0 Å². The van der Waals surface area contributed by atoms with Gasteiger partial charge in [0.25, 0.3) is 0 Å². The first kappa shape index (κ1) is 12.2. The van der Waals surface area contributed by atoms with Crippen molar-refractivity contribution < 1.29 is 4.74 Å². The summed E-state index contributed by atoms with van der Waals surface area (Å²) in [6.07, 6.45) is 8.01. The lowest BCUT2D eigenvalue weighted by Gasteiger charge is -2.22. The van der Waals surface area contributed by atoms with Crippen LogP contribution in [0.5, 0.6) is 5.88 Å². The predicted molar refractivity (Wildman–Crippen MR) is 76.6 cm³/mol. The minimum absolute atomic E-state index is 0.310. The van der Waals surface area contributed by atoms with E-state index in [2.05, 4.69) is 15.3 Å². The Labute approximate surface area is 113 Å². The predicted octanol–water partition coefficient (Wildman–Crippen LogP) is 3.38. The van der Waals surface area contributed by atoms with E-state index in [4.69, 9.17) is 4.74 Å². The third-order valence-electron chi connectivity index (χ3n) is 3.73. The van der Waals surface area contributed by atoms with Gasteiger partial charge in [-0.25, -0.2) is 9.97 Å². The van der Waals surface area contributed by atoms with E-state index >= 15 is 0 Å². The number of anilines is 1. The van der Waals surface area contributed by atoms with Crippen molar-refractivity contribution >= 4 is 16.6 Å². The van der Waals surface area contributed by atoms with Crippen LogP contribution in [-0.2, 0) is 0 Å². The van der Waals surface area contributed by atoms with Gasteiger partial charge in [0.05, 0.1) is 11.1 Å². The maximum Gasteiger partial charge on any atom is 0.224 e. The van der Waals surface area contributed by atoms with E-state index in [9.17, 15) is 0 Å². The second kappa shape index (κ2) is 5.43. The smallest absolute Gasteiger partial charge is 0.224 e. The van der Waals surface area contributed by atoms with Crippen LogP contribution in [0.1, 0.15) is 32.1 Å². The van der Waals surface area contributed by atoms with E-state index in [1.807, 2.05) is 25.2 Å². The summed E-state index contributed by atoms with van der Waals surface area (Å²) < 4.78 is 6.09. The normalized spacial score (nSPS) is 16.5. The topological polar surface area (TPSA) is 47.0 Å². The van der Waals surface area contributed by atoms with Crippen molar-refractivity contribution in [3.63, 3.8) is 0 Å². The molecule has 0 aliphatic heterocycles. The Hall–Kier alpha value is -1.84. The van der Waals surface area contributed by atoms with Crippen LogP contribution in [0.25, 0.3) is 10.9 Å². The summed E-state index contributed by atoms with van der Waals surface area (Å²) in [5.41, 5.74) is 1.93. The van der Waals surface area contributed by atoms with Crippen molar-refractivity contribution in [3.8, 4) is 5.88 Å². The van der Waals surface area contributed by atoms with Crippen molar-refractivity contribution in [1.29, 1.82) is 0 Å². The van der Waals surface area contributed by atoms with E-state index in [-0.39, 0.29) is 0 Å². The van der Waals surface area contributed by atoms with Gasteiger partial charge < -0.3 is 10.1 Å². The van der Waals surface area contributed by atoms with Gasteiger partial charge in [0.2, 0.25) is 5.88 Å². The number of nitrogens with one attached hydrogen (secondary N) is 1. The molecule has 19 heavy (non-hydrogen) atoms. The van der Waals surface area contributed by atoms with Crippen molar-refractivity contribution in [1.82, 2.24) is 9.97 Å². The van der Waals surface area contributed by atoms with E-state index in [0.29, 0.717) is 12.0 Å². The van der Waals surface area contributed by atoms with Gasteiger partial charge in [-0.3, -0.25) is 0 Å². The van der Waals surface area contributed by atoms with Crippen LogP contribution in [0, 0.1) is 0 Å². The molecule has 1 N–H and O–H groups in total. The van der Waals surface area contributed by atoms with Gasteiger partial charge in [0, 0.05) is 7.05 Å². The summed E-state index contributed by atoms with van der Waals surface area (Å²) >= 11 is 0. The standard InChI is InChI=1S/C15H19N3O/c1-16-13-9-5-8-12-14(13)17-10-18-15(12)19-11-6-3-2-4-7-11/h5,8-11,16H,2-4,6-7H2,1H3. The molecule has 0 unspecified atom stereocenters. The van der Waals surface area contributed by atoms with Gasteiger partial charge in [0.15, 0.2) is 0 Å². The number of hydrogen-bond donors (Lipinski definition) is 1. The Bertz CT molecular complexity index is 564. The van der Waals surface area contributed by atoms with Crippen LogP contribution >= 0.6 is 0 Å². The molecule has 0 saturated heterocycles. The minimum Gasteiger partial charge on any atom is -0.474 e. The maximum atomic E-state index is 6.09. The van der Waals surface area contributed by atoms with Gasteiger partial charge >= 0.3 is 0 Å². The lowest BCUT2D eigenvalue weighted by molar-refractivity contribution is 0.151. The van der Waals surface area contributed by atoms with Crippen molar-refractivity contribution in [2.24, 2.45) is 0 Å². The fourth-order valence-corrected chi connectivity index (χ4v) is 2.70. The average Bonchev–Trinajstić information content (AvgIpc) is 2.48. The molecule has 3 rings (SSSR count). The van der Waals surface area contributed by atoms with Gasteiger partial charge in [-0.1, -0.05) is 12.5 Å². The third kappa shape index (κ3) is 2.48. The Morgan fingerprint density at radius 1 is 1.16 bits per heavy atom. The average molecular weight is 257 g/mol. The van der Waals surface area contributed by atoms with Gasteiger partial charge in [0.1, 0.15) is 17.9 Å². The van der Waals surface area contributed by atoms with Crippen LogP contribution in [0.15, 0.2) is 24.5 Å². The second-order valence-electron chi connectivity index (χ2n) is 5.01. The highest BCUT2D eigenvalue weighted by molar-refractivity contribution is 5.93. The first-order valence-electron chi connectivity index (χ1n) is 6.96. The van der Waals surface area contributed by atoms with Crippen molar-refractivity contribution in [2.75, 3.05) is 12.4 Å². The SMILES string of the molecule is CNc1cccc2c(OC3CCCCC3)ncnc12. The molecule has 0 radical (unpaired) electrons. The van der Waals surface area contributed by atoms with Gasteiger partial charge in [-0.2, -0.15) is 0 Å².